The van der Waals surface area contributed by atoms with Crippen LogP contribution in [0.25, 0.3) is 291 Å². The molecule has 73 heavy (non-hydrogen) atoms. The first-order valence-electron chi connectivity index (χ1n) is 26.6. The molecule has 0 radical (unpaired) electrons. The lowest BCUT2D eigenvalue weighted by Crippen LogP contribution is -2.54. The van der Waals surface area contributed by atoms with Crippen molar-refractivity contribution in [1.29, 1.82) is 0 Å². The minimum atomic E-state index is -0.943. The summed E-state index contributed by atoms with van der Waals surface area (Å²) in [7, 11) is 3.63. The van der Waals surface area contributed by atoms with Crippen LogP contribution in [0.15, 0.2) is 23.4 Å². The van der Waals surface area contributed by atoms with Crippen LogP contribution >= 0.6 is 0 Å². The number of methoxy groups -OCH3 is 2. The molecule has 0 amide bonds. The summed E-state index contributed by atoms with van der Waals surface area (Å²) in [4.78, 5) is 8.17. The van der Waals surface area contributed by atoms with Gasteiger partial charge in [0.25, 0.3) is 0 Å². The van der Waals surface area contributed by atoms with Crippen molar-refractivity contribution in [2.75, 3.05) is 14.2 Å². The van der Waals surface area contributed by atoms with Gasteiger partial charge in [0, 0.05) is 16.7 Å². The summed E-state index contributed by atoms with van der Waals surface area (Å²) in [5.41, 5.74) is 6.08. The highest BCUT2D eigenvalue weighted by Gasteiger charge is 2.76. The maximum absolute atomic E-state index is 8.17. The quantitative estimate of drug-likeness (QED) is 0.166. The molecule has 0 bridgehead atoms. The normalized spacial score (nSPS) is 21.9. The van der Waals surface area contributed by atoms with Crippen LogP contribution in [-0.4, -0.2) is 19.9 Å². The third-order valence-corrected chi connectivity index (χ3v) is 25.5. The first-order valence-corrected chi connectivity index (χ1v) is 26.6. The molecule has 0 saturated heterocycles. The second-order valence-electron chi connectivity index (χ2n) is 25.8. The van der Waals surface area contributed by atoms with E-state index in [0.29, 0.717) is 0 Å². The Morgan fingerprint density at radius 3 is 0.753 bits per heavy atom. The summed E-state index contributed by atoms with van der Waals surface area (Å²) in [5.74, 6) is 1.63. The fourth-order valence-electron chi connectivity index (χ4n) is 25.2. The van der Waals surface area contributed by atoms with Crippen molar-refractivity contribution in [3.63, 3.8) is 0 Å². The lowest BCUT2D eigenvalue weighted by molar-refractivity contribution is -0.0122. The molecule has 0 unspecified atom stereocenters. The van der Waals surface area contributed by atoms with Gasteiger partial charge in [-0.1, -0.05) is 5.16 Å². The predicted molar refractivity (Wildman–Crippen MR) is 301 cm³/mol. The first kappa shape index (κ1) is 27.4. The third kappa shape index (κ3) is 1.47. The molecule has 5 aliphatic rings. The van der Waals surface area contributed by atoms with E-state index in [2.05, 4.69) is 18.2 Å². The predicted octanol–water partition coefficient (Wildman–Crippen LogP) is 17.7. The van der Waals surface area contributed by atoms with Gasteiger partial charge < -0.3 is 14.3 Å². The van der Waals surface area contributed by atoms with E-state index in [4.69, 9.17) is 19.5 Å². The van der Waals surface area contributed by atoms with Crippen molar-refractivity contribution < 1.29 is 14.3 Å². The third-order valence-electron chi connectivity index (χ3n) is 25.5. The van der Waals surface area contributed by atoms with Gasteiger partial charge in [0.2, 0.25) is 5.60 Å². The zero-order valence-electron chi connectivity index (χ0n) is 37.4. The molecule has 29 aromatic carbocycles. The number of hydrogen-bond acceptors (Lipinski definition) is 4. The van der Waals surface area contributed by atoms with Crippen LogP contribution in [-0.2, 0) is 15.9 Å². The number of nitrogens with zero attached hydrogens (tertiary/aromatic N) is 1. The molecular formula is C69H9NO3. The van der Waals surface area contributed by atoms with Crippen molar-refractivity contribution in [1.82, 2.24) is 0 Å². The Labute approximate surface area is 396 Å². The van der Waals surface area contributed by atoms with E-state index >= 15 is 0 Å². The van der Waals surface area contributed by atoms with Gasteiger partial charge in [-0.25, -0.2) is 0 Å². The summed E-state index contributed by atoms with van der Waals surface area (Å²) in [6.45, 7) is 0. The minimum absolute atomic E-state index is 0.808. The summed E-state index contributed by atoms with van der Waals surface area (Å²) in [5, 5.41) is 90.7. The zero-order valence-corrected chi connectivity index (χ0v) is 37.4. The van der Waals surface area contributed by atoms with Gasteiger partial charge in [-0.2, -0.15) is 0 Å². The van der Waals surface area contributed by atoms with Crippen LogP contribution in [0.1, 0.15) is 27.8 Å². The number of benzene rings is 19. The monoisotopic (exact) mass is 899 g/mol. The van der Waals surface area contributed by atoms with E-state index in [1.165, 1.54) is 86.9 Å². The second-order valence-corrected chi connectivity index (χ2v) is 25.8. The van der Waals surface area contributed by atoms with E-state index < -0.39 is 11.0 Å². The Morgan fingerprint density at radius 1 is 0.288 bits per heavy atom. The molecule has 29 aromatic rings. The SMILES string of the molecule is COc1ccc(OC)c(C2=NOC34c5c6c7c8c9c%10c(c%11c%12c3c3c5c5c%13c6c6c7c7c9c9c%14c%10c%10c%11c%11c%12c%12c3c3c5c5c%13c%13c6c6c7c9c7c9c%14c%10c%10c%11c%11c%12c3c3c5c5c%13c6c7c6c9c%10c%11c3c56)C284)c1. The van der Waals surface area contributed by atoms with Gasteiger partial charge >= 0.3 is 0 Å². The summed E-state index contributed by atoms with van der Waals surface area (Å²) < 4.78 is 12.7. The van der Waals surface area contributed by atoms with Gasteiger partial charge in [0.15, 0.2) is 0 Å². The zero-order chi connectivity index (χ0) is 43.7. The van der Waals surface area contributed by atoms with Gasteiger partial charge in [0.1, 0.15) is 22.6 Å². The van der Waals surface area contributed by atoms with Crippen LogP contribution in [0.3, 0.4) is 0 Å². The Bertz CT molecular complexity index is 7400. The molecule has 0 atom stereocenters. The fourth-order valence-corrected chi connectivity index (χ4v) is 25.2. The Balaban J connectivity index is 1.14. The molecule has 0 fully saturated rings. The highest BCUT2D eigenvalue weighted by molar-refractivity contribution is 6.82. The Morgan fingerprint density at radius 2 is 0.521 bits per heavy atom. The summed E-state index contributed by atoms with van der Waals surface area (Å²) >= 11 is 0. The molecule has 4 aliphatic carbocycles. The standard InChI is InChI=1S/C69H9NO3/c1-71-6-3-4-8(72-2)7(5-6)67-68-63-55-47-37-27-19-11-9-10-13-17-15(11)23-31-25(17)35-29-21(13)22-14(10)18-16-12(9)20(19)28-34-24(16)32-26(18)36-30(22)40-39(29)51-45(35)53-43(31)49(41(47)33(23)27)57(63)59(53)65-61(51)62-52(40)46(36)54-44(32)50-42(34)48(38(28)37)56(55)64(68)58(50)60(54)66(62)69(65,68)73-70-67/h3-5H,1-2H3. The molecule has 0 aromatic heterocycles. The maximum Gasteiger partial charge on any atom is 0.209 e. The van der Waals surface area contributed by atoms with E-state index in [0.717, 1.165) is 22.8 Å². The van der Waals surface area contributed by atoms with Gasteiger partial charge in [-0.05, 0) is 320 Å². The summed E-state index contributed by atoms with van der Waals surface area (Å²) in [6, 6.07) is 6.40. The molecule has 34 rings (SSSR count). The highest BCUT2D eigenvalue weighted by Crippen LogP contribution is 2.85. The van der Waals surface area contributed by atoms with E-state index in [-0.39, 0.29) is 0 Å². The van der Waals surface area contributed by atoms with Crippen molar-refractivity contribution >= 4 is 297 Å². The molecule has 308 valence electrons. The van der Waals surface area contributed by atoms with Crippen LogP contribution in [0, 0.1) is 0 Å². The molecule has 1 aliphatic heterocycles. The van der Waals surface area contributed by atoms with Crippen molar-refractivity contribution in [3.05, 3.63) is 46.0 Å². The average molecular weight is 900 g/mol. The van der Waals surface area contributed by atoms with Crippen LogP contribution in [0.4, 0.5) is 0 Å². The second kappa shape index (κ2) is 6.24. The lowest BCUT2D eigenvalue weighted by Gasteiger charge is -2.47. The number of oxime groups is 1. The summed E-state index contributed by atoms with van der Waals surface area (Å²) in [6.07, 6.45) is 0. The fraction of sp³-hybridized carbons (Fsp3) is 0.0580. The van der Waals surface area contributed by atoms with Crippen LogP contribution < -0.4 is 9.47 Å². The Kier molecular flexibility index (Phi) is 2.34. The lowest BCUT2D eigenvalue weighted by atomic mass is 9.52. The van der Waals surface area contributed by atoms with Crippen molar-refractivity contribution in [2.24, 2.45) is 5.16 Å². The first-order chi connectivity index (χ1) is 36.3. The highest BCUT2D eigenvalue weighted by atomic mass is 16.7. The molecule has 2 spiro atoms. The smallest absolute Gasteiger partial charge is 0.209 e. The topological polar surface area (TPSA) is 40.0 Å². The molecule has 4 nitrogen and oxygen atoms in total. The van der Waals surface area contributed by atoms with E-state index in [1.54, 1.807) is 233 Å². The molecule has 1 heterocycles. The molecular weight excluding hydrogens is 891 g/mol. The van der Waals surface area contributed by atoms with Crippen molar-refractivity contribution in [3.8, 4) is 11.5 Å². The van der Waals surface area contributed by atoms with Gasteiger partial charge in [-0.15, -0.1) is 0 Å². The molecule has 0 saturated carbocycles. The van der Waals surface area contributed by atoms with E-state index in [1.807, 2.05) is 7.11 Å². The number of rotatable bonds is 3. The van der Waals surface area contributed by atoms with Gasteiger partial charge in [0.05, 0.1) is 14.2 Å². The van der Waals surface area contributed by atoms with Gasteiger partial charge in [-0.3, -0.25) is 0 Å². The Hall–Kier alpha value is -9.25. The van der Waals surface area contributed by atoms with Crippen LogP contribution in [0.2, 0.25) is 0 Å². The average Bonchev–Trinajstić information content (AvgIpc) is 4.28. The number of hydrogen-bond donors (Lipinski definition) is 0. The maximum atomic E-state index is 8.17. The van der Waals surface area contributed by atoms with E-state index in [9.17, 15) is 0 Å². The molecule has 4 heteroatoms. The number of ether oxygens (including phenoxy) is 2. The van der Waals surface area contributed by atoms with Crippen LogP contribution in [0.5, 0.6) is 11.5 Å². The largest absolute Gasteiger partial charge is 0.497 e. The minimum Gasteiger partial charge on any atom is -0.497 e. The van der Waals surface area contributed by atoms with Crippen molar-refractivity contribution in [2.45, 2.75) is 11.0 Å². The molecule has 0 N–H and O–H groups in total.